The molecule has 0 aromatic carbocycles. The number of carboxylic acid groups (broad SMARTS) is 1. The van der Waals surface area contributed by atoms with Gasteiger partial charge in [0.15, 0.2) is 0 Å². The summed E-state index contributed by atoms with van der Waals surface area (Å²) in [5, 5.41) is 8.85. The summed E-state index contributed by atoms with van der Waals surface area (Å²) in [6.45, 7) is 0. The first-order valence-corrected chi connectivity index (χ1v) is 3.87. The summed E-state index contributed by atoms with van der Waals surface area (Å²) in [6.07, 6.45) is 2.64. The average Bonchev–Trinajstić information content (AvgIpc) is 2.43. The van der Waals surface area contributed by atoms with Gasteiger partial charge in [0, 0.05) is 13.2 Å². The molecule has 2 heterocycles. The Bertz CT molecular complexity index is 567. The summed E-state index contributed by atoms with van der Waals surface area (Å²) in [6, 6.07) is 0. The minimum Gasteiger partial charge on any atom is -0.478 e. The monoisotopic (exact) mass is 193 g/mol. The Balaban J connectivity index is 2.98. The van der Waals surface area contributed by atoms with E-state index in [1.807, 2.05) is 0 Å². The lowest BCUT2D eigenvalue weighted by atomic mass is 10.2. The van der Waals surface area contributed by atoms with E-state index in [1.54, 1.807) is 0 Å². The van der Waals surface area contributed by atoms with Gasteiger partial charge in [-0.15, -0.1) is 0 Å². The van der Waals surface area contributed by atoms with Crippen molar-refractivity contribution in [1.29, 1.82) is 0 Å². The quantitative estimate of drug-likeness (QED) is 0.665. The highest BCUT2D eigenvalue weighted by atomic mass is 16.4. The third-order valence-corrected chi connectivity index (χ3v) is 2.03. The molecule has 0 saturated carbocycles. The van der Waals surface area contributed by atoms with Gasteiger partial charge in [-0.2, -0.15) is 0 Å². The third-order valence-electron chi connectivity index (χ3n) is 2.03. The maximum absolute atomic E-state index is 11.2. The maximum atomic E-state index is 11.2. The molecule has 72 valence electrons. The molecule has 0 aliphatic rings. The number of hydrogen-bond donors (Lipinski definition) is 2. The molecule has 0 fully saturated rings. The van der Waals surface area contributed by atoms with Crippen LogP contribution < -0.4 is 5.69 Å². The van der Waals surface area contributed by atoms with E-state index in [0.717, 1.165) is 0 Å². The Morgan fingerprint density at radius 1 is 1.57 bits per heavy atom. The van der Waals surface area contributed by atoms with Gasteiger partial charge in [-0.25, -0.2) is 9.59 Å². The first kappa shape index (κ1) is 8.49. The smallest absolute Gasteiger partial charge is 0.339 e. The fraction of sp³-hybridized carbons (Fsp3) is 0.125. The maximum Gasteiger partial charge on any atom is 0.339 e. The van der Waals surface area contributed by atoms with Crippen molar-refractivity contribution in [3.63, 3.8) is 0 Å². The Labute approximate surface area is 77.8 Å². The molecule has 2 aromatic heterocycles. The molecule has 2 N–H and O–H groups in total. The molecule has 6 heteroatoms. The second kappa shape index (κ2) is 2.69. The second-order valence-corrected chi connectivity index (χ2v) is 2.88. The van der Waals surface area contributed by atoms with Gasteiger partial charge in [-0.1, -0.05) is 0 Å². The van der Waals surface area contributed by atoms with Crippen LogP contribution in [0.4, 0.5) is 0 Å². The van der Waals surface area contributed by atoms with Crippen LogP contribution in [-0.4, -0.2) is 25.6 Å². The second-order valence-electron chi connectivity index (χ2n) is 2.88. The number of nitrogens with one attached hydrogen (secondary N) is 1. The predicted molar refractivity (Wildman–Crippen MR) is 48.3 cm³/mol. The number of H-pyrrole nitrogens is 1. The number of carbonyl (C=O) groups is 1. The zero-order valence-corrected chi connectivity index (χ0v) is 7.31. The number of hydrogen-bond acceptors (Lipinski definition) is 3. The van der Waals surface area contributed by atoms with E-state index in [0.29, 0.717) is 11.0 Å². The van der Waals surface area contributed by atoms with Gasteiger partial charge in [0.2, 0.25) is 0 Å². The Morgan fingerprint density at radius 3 is 2.93 bits per heavy atom. The van der Waals surface area contributed by atoms with Crippen molar-refractivity contribution in [3.05, 3.63) is 28.4 Å². The third kappa shape index (κ3) is 1.00. The van der Waals surface area contributed by atoms with Gasteiger partial charge in [0.1, 0.15) is 5.56 Å². The van der Waals surface area contributed by atoms with Gasteiger partial charge in [0.25, 0.3) is 0 Å². The molecule has 0 unspecified atom stereocenters. The molecule has 2 rings (SSSR count). The van der Waals surface area contributed by atoms with Crippen LogP contribution in [0.5, 0.6) is 0 Å². The molecule has 0 aliphatic heterocycles. The first-order chi connectivity index (χ1) is 6.61. The Morgan fingerprint density at radius 2 is 2.29 bits per heavy atom. The zero-order valence-electron chi connectivity index (χ0n) is 7.31. The Hall–Kier alpha value is -2.11. The topological polar surface area (TPSA) is 88.0 Å². The number of imidazole rings is 1. The number of carboxylic acids is 1. The fourth-order valence-electron chi connectivity index (χ4n) is 1.36. The van der Waals surface area contributed by atoms with E-state index >= 15 is 0 Å². The number of aryl methyl sites for hydroxylation is 1. The molecule has 2 aromatic rings. The lowest BCUT2D eigenvalue weighted by Crippen LogP contribution is -2.13. The van der Waals surface area contributed by atoms with Crippen LogP contribution in [0, 0.1) is 0 Å². The van der Waals surface area contributed by atoms with Crippen molar-refractivity contribution in [3.8, 4) is 0 Å². The van der Waals surface area contributed by atoms with Gasteiger partial charge in [0.05, 0.1) is 17.2 Å². The van der Waals surface area contributed by atoms with Crippen molar-refractivity contribution in [2.24, 2.45) is 7.05 Å². The zero-order chi connectivity index (χ0) is 10.3. The van der Waals surface area contributed by atoms with Crippen molar-refractivity contribution < 1.29 is 9.90 Å². The normalized spacial score (nSPS) is 10.6. The minimum absolute atomic E-state index is 0.0170. The SMILES string of the molecule is Cn1c(=O)[nH]c2cncc(C(=O)O)c21. The number of nitrogens with zero attached hydrogens (tertiary/aromatic N) is 2. The number of aromatic nitrogens is 3. The Kier molecular flexibility index (Phi) is 1.63. The molecule has 0 aliphatic carbocycles. The standard InChI is InChI=1S/C8H7N3O3/c1-11-6-4(7(12)13)2-9-3-5(6)10-8(11)14/h2-3H,1H3,(H,10,14)(H,12,13). The molecule has 0 amide bonds. The molecule has 0 radical (unpaired) electrons. The lowest BCUT2D eigenvalue weighted by Gasteiger charge is -1.97. The number of aromatic amines is 1. The van der Waals surface area contributed by atoms with Gasteiger partial charge in [-0.3, -0.25) is 9.55 Å². The molecule has 0 saturated heterocycles. The number of fused-ring (bicyclic) bond motifs is 1. The summed E-state index contributed by atoms with van der Waals surface area (Å²) in [5.74, 6) is -1.10. The number of pyridine rings is 1. The summed E-state index contributed by atoms with van der Waals surface area (Å²) in [4.78, 5) is 28.2. The minimum atomic E-state index is -1.10. The predicted octanol–water partition coefficient (Wildman–Crippen LogP) is -0.0402. The molecule has 0 atom stereocenters. The van der Waals surface area contributed by atoms with Gasteiger partial charge >= 0.3 is 11.7 Å². The van der Waals surface area contributed by atoms with Crippen molar-refractivity contribution in [1.82, 2.24) is 14.5 Å². The van der Waals surface area contributed by atoms with Crippen LogP contribution in [0.3, 0.4) is 0 Å². The fourth-order valence-corrected chi connectivity index (χ4v) is 1.36. The summed E-state index contributed by atoms with van der Waals surface area (Å²) in [7, 11) is 1.51. The van der Waals surface area contributed by atoms with Crippen molar-refractivity contribution in [2.75, 3.05) is 0 Å². The van der Waals surface area contributed by atoms with Crippen LogP contribution in [0.2, 0.25) is 0 Å². The number of rotatable bonds is 1. The summed E-state index contributed by atoms with van der Waals surface area (Å²) >= 11 is 0. The van der Waals surface area contributed by atoms with Crippen LogP contribution in [-0.2, 0) is 7.05 Å². The van der Waals surface area contributed by atoms with Gasteiger partial charge in [-0.05, 0) is 0 Å². The van der Waals surface area contributed by atoms with Crippen LogP contribution in [0.25, 0.3) is 11.0 Å². The van der Waals surface area contributed by atoms with Crippen molar-refractivity contribution >= 4 is 17.0 Å². The highest BCUT2D eigenvalue weighted by Gasteiger charge is 2.13. The van der Waals surface area contributed by atoms with Crippen LogP contribution in [0.1, 0.15) is 10.4 Å². The van der Waals surface area contributed by atoms with E-state index in [9.17, 15) is 9.59 Å². The summed E-state index contributed by atoms with van der Waals surface area (Å²) < 4.78 is 1.25. The van der Waals surface area contributed by atoms with Gasteiger partial charge < -0.3 is 10.1 Å². The molecular formula is C8H7N3O3. The number of aromatic carboxylic acids is 1. The highest BCUT2D eigenvalue weighted by molar-refractivity contribution is 6.00. The molecule has 0 bridgehead atoms. The molecule has 6 nitrogen and oxygen atoms in total. The van der Waals surface area contributed by atoms with E-state index in [1.165, 1.54) is 24.0 Å². The summed E-state index contributed by atoms with van der Waals surface area (Å²) in [5.41, 5.74) is 0.453. The van der Waals surface area contributed by atoms with Crippen LogP contribution >= 0.6 is 0 Å². The van der Waals surface area contributed by atoms with E-state index in [2.05, 4.69) is 9.97 Å². The van der Waals surface area contributed by atoms with E-state index in [-0.39, 0.29) is 11.3 Å². The molecular weight excluding hydrogens is 186 g/mol. The molecule has 14 heavy (non-hydrogen) atoms. The largest absolute Gasteiger partial charge is 0.478 e. The van der Waals surface area contributed by atoms with E-state index < -0.39 is 5.97 Å². The van der Waals surface area contributed by atoms with Crippen molar-refractivity contribution in [2.45, 2.75) is 0 Å². The lowest BCUT2D eigenvalue weighted by molar-refractivity contribution is 0.0698. The highest BCUT2D eigenvalue weighted by Crippen LogP contribution is 2.12. The average molecular weight is 193 g/mol. The molecule has 0 spiro atoms. The van der Waals surface area contributed by atoms with E-state index in [4.69, 9.17) is 5.11 Å². The first-order valence-electron chi connectivity index (χ1n) is 3.87. The van der Waals surface area contributed by atoms with Crippen LogP contribution in [0.15, 0.2) is 17.2 Å².